The summed E-state index contributed by atoms with van der Waals surface area (Å²) in [6.07, 6.45) is 4.23. The molecular weight excluding hydrogens is 346 g/mol. The molecule has 5 heteroatoms. The fraction of sp³-hybridized carbons (Fsp3) is 0.143. The van der Waals surface area contributed by atoms with Crippen molar-refractivity contribution in [2.75, 3.05) is 11.5 Å². The zero-order chi connectivity index (χ0) is 18.5. The molecule has 2 amide bonds. The second-order valence-electron chi connectivity index (χ2n) is 5.65. The molecule has 0 N–H and O–H groups in total. The number of allylic oxidation sites excluding steroid dienone is 1. The van der Waals surface area contributed by atoms with Crippen molar-refractivity contribution in [3.8, 4) is 5.75 Å². The lowest BCUT2D eigenvalue weighted by Gasteiger charge is -2.12. The first-order valence-corrected chi connectivity index (χ1v) is 9.15. The summed E-state index contributed by atoms with van der Waals surface area (Å²) in [6.45, 7) is 6.29. The quantitative estimate of drug-likeness (QED) is 0.530. The normalized spacial score (nSPS) is 15.6. The molecule has 1 heterocycles. The zero-order valence-electron chi connectivity index (χ0n) is 14.5. The number of para-hydroxylation sites is 1. The van der Waals surface area contributed by atoms with Crippen molar-refractivity contribution in [3.63, 3.8) is 0 Å². The van der Waals surface area contributed by atoms with Crippen LogP contribution in [0.4, 0.5) is 10.5 Å². The Kier molecular flexibility index (Phi) is 5.58. The van der Waals surface area contributed by atoms with Crippen molar-refractivity contribution in [1.82, 2.24) is 0 Å². The second-order valence-corrected chi connectivity index (χ2v) is 6.64. The maximum absolute atomic E-state index is 12.7. The van der Waals surface area contributed by atoms with Gasteiger partial charge in [-0.15, -0.1) is 6.58 Å². The molecule has 26 heavy (non-hydrogen) atoms. The molecule has 132 valence electrons. The van der Waals surface area contributed by atoms with Crippen molar-refractivity contribution in [1.29, 1.82) is 0 Å². The summed E-state index contributed by atoms with van der Waals surface area (Å²) >= 11 is 0.952. The Morgan fingerprint density at radius 1 is 1.15 bits per heavy atom. The van der Waals surface area contributed by atoms with Crippen LogP contribution in [0.2, 0.25) is 0 Å². The van der Waals surface area contributed by atoms with Crippen molar-refractivity contribution >= 4 is 34.7 Å². The van der Waals surface area contributed by atoms with E-state index in [2.05, 4.69) is 6.58 Å². The highest BCUT2D eigenvalue weighted by Gasteiger charge is 2.36. The highest BCUT2D eigenvalue weighted by Crippen LogP contribution is 2.36. The van der Waals surface area contributed by atoms with Gasteiger partial charge in [-0.3, -0.25) is 9.59 Å². The molecule has 1 aliphatic heterocycles. The number of carbonyl (C=O) groups is 2. The third kappa shape index (κ3) is 3.73. The summed E-state index contributed by atoms with van der Waals surface area (Å²) in [5.74, 6) is 0.507. The molecule has 2 aromatic carbocycles. The van der Waals surface area contributed by atoms with E-state index in [-0.39, 0.29) is 11.1 Å². The van der Waals surface area contributed by atoms with Crippen molar-refractivity contribution in [3.05, 3.63) is 77.2 Å². The van der Waals surface area contributed by atoms with Crippen molar-refractivity contribution < 1.29 is 14.3 Å². The molecule has 0 saturated carbocycles. The van der Waals surface area contributed by atoms with Crippen LogP contribution in [0.25, 0.3) is 6.08 Å². The van der Waals surface area contributed by atoms with Crippen LogP contribution in [0.15, 0.2) is 66.1 Å². The van der Waals surface area contributed by atoms with Crippen LogP contribution >= 0.6 is 11.8 Å². The van der Waals surface area contributed by atoms with E-state index in [0.29, 0.717) is 23.6 Å². The first-order chi connectivity index (χ1) is 12.6. The maximum atomic E-state index is 12.7. The van der Waals surface area contributed by atoms with E-state index in [4.69, 9.17) is 4.74 Å². The molecule has 0 atom stereocenters. The Morgan fingerprint density at radius 2 is 1.92 bits per heavy atom. The first kappa shape index (κ1) is 18.0. The molecule has 1 fully saturated rings. The molecule has 0 spiro atoms. The van der Waals surface area contributed by atoms with Crippen LogP contribution in [0.3, 0.4) is 0 Å². The smallest absolute Gasteiger partial charge is 0.298 e. The van der Waals surface area contributed by atoms with E-state index in [9.17, 15) is 9.59 Å². The third-order valence-electron chi connectivity index (χ3n) is 3.85. The fourth-order valence-electron chi connectivity index (χ4n) is 2.72. The number of hydrogen-bond acceptors (Lipinski definition) is 4. The summed E-state index contributed by atoms with van der Waals surface area (Å²) in [4.78, 5) is 26.6. The monoisotopic (exact) mass is 365 g/mol. The van der Waals surface area contributed by atoms with E-state index in [1.165, 1.54) is 4.90 Å². The van der Waals surface area contributed by atoms with Gasteiger partial charge in [0.05, 0.1) is 17.2 Å². The SMILES string of the molecule is C=CCc1cc(/C=C2\SC(=O)N(c3ccccc3)C2=O)ccc1OCC. The Bertz CT molecular complexity index is 874. The van der Waals surface area contributed by atoms with Gasteiger partial charge in [-0.2, -0.15) is 0 Å². The summed E-state index contributed by atoms with van der Waals surface area (Å²) in [7, 11) is 0. The molecule has 1 aliphatic rings. The summed E-state index contributed by atoms with van der Waals surface area (Å²) in [5.41, 5.74) is 2.43. The lowest BCUT2D eigenvalue weighted by molar-refractivity contribution is -0.113. The van der Waals surface area contributed by atoms with Crippen molar-refractivity contribution in [2.45, 2.75) is 13.3 Å². The zero-order valence-corrected chi connectivity index (χ0v) is 15.3. The second kappa shape index (κ2) is 8.06. The minimum atomic E-state index is -0.301. The van der Waals surface area contributed by atoms with Gasteiger partial charge < -0.3 is 4.74 Å². The minimum Gasteiger partial charge on any atom is -0.494 e. The van der Waals surface area contributed by atoms with Crippen LogP contribution in [0.5, 0.6) is 5.75 Å². The number of thioether (sulfide) groups is 1. The van der Waals surface area contributed by atoms with Crippen LogP contribution in [0.1, 0.15) is 18.1 Å². The molecule has 0 bridgehead atoms. The largest absolute Gasteiger partial charge is 0.494 e. The molecule has 2 aromatic rings. The predicted molar refractivity (Wildman–Crippen MR) is 106 cm³/mol. The van der Waals surface area contributed by atoms with Crippen LogP contribution in [-0.2, 0) is 11.2 Å². The van der Waals surface area contributed by atoms with Gasteiger partial charge in [0.25, 0.3) is 11.1 Å². The van der Waals surface area contributed by atoms with Gasteiger partial charge in [0.15, 0.2) is 0 Å². The van der Waals surface area contributed by atoms with Gasteiger partial charge in [-0.05, 0) is 66.6 Å². The van der Waals surface area contributed by atoms with Crippen LogP contribution < -0.4 is 9.64 Å². The van der Waals surface area contributed by atoms with E-state index < -0.39 is 0 Å². The first-order valence-electron chi connectivity index (χ1n) is 8.33. The third-order valence-corrected chi connectivity index (χ3v) is 4.72. The number of benzene rings is 2. The standard InChI is InChI=1S/C21H19NO3S/c1-3-8-16-13-15(11-12-18(16)25-4-2)14-19-20(23)22(21(24)26-19)17-9-6-5-7-10-17/h3,5-7,9-14H,1,4,8H2,2H3/b19-14-. The number of amides is 2. The van der Waals surface area contributed by atoms with Crippen LogP contribution in [0, 0.1) is 0 Å². The Morgan fingerprint density at radius 3 is 2.62 bits per heavy atom. The van der Waals surface area contributed by atoms with Gasteiger partial charge >= 0.3 is 0 Å². The van der Waals surface area contributed by atoms with Gasteiger partial charge in [-0.1, -0.05) is 30.3 Å². The Labute approximate surface area is 157 Å². The summed E-state index contributed by atoms with van der Waals surface area (Å²) in [6, 6.07) is 14.7. The maximum Gasteiger partial charge on any atom is 0.298 e. The minimum absolute atomic E-state index is 0.287. The number of hydrogen-bond donors (Lipinski definition) is 0. The van der Waals surface area contributed by atoms with Gasteiger partial charge in [0, 0.05) is 0 Å². The van der Waals surface area contributed by atoms with E-state index >= 15 is 0 Å². The fourth-order valence-corrected chi connectivity index (χ4v) is 3.56. The Balaban J connectivity index is 1.90. The molecule has 3 rings (SSSR count). The molecule has 0 radical (unpaired) electrons. The van der Waals surface area contributed by atoms with Crippen LogP contribution in [-0.4, -0.2) is 17.8 Å². The molecule has 0 unspecified atom stereocenters. The summed E-state index contributed by atoms with van der Waals surface area (Å²) < 4.78 is 5.62. The van der Waals surface area contributed by atoms with Crippen molar-refractivity contribution in [2.24, 2.45) is 0 Å². The molecule has 0 aromatic heterocycles. The topological polar surface area (TPSA) is 46.6 Å². The van der Waals surface area contributed by atoms with Gasteiger partial charge in [-0.25, -0.2) is 4.90 Å². The molecule has 4 nitrogen and oxygen atoms in total. The summed E-state index contributed by atoms with van der Waals surface area (Å²) in [5, 5.41) is -0.287. The number of rotatable bonds is 6. The number of imide groups is 1. The average molecular weight is 365 g/mol. The lowest BCUT2D eigenvalue weighted by atomic mass is 10.1. The van der Waals surface area contributed by atoms with E-state index in [0.717, 1.165) is 28.6 Å². The highest BCUT2D eigenvalue weighted by atomic mass is 32.2. The lowest BCUT2D eigenvalue weighted by Crippen LogP contribution is -2.27. The van der Waals surface area contributed by atoms with E-state index in [1.807, 2.05) is 37.3 Å². The van der Waals surface area contributed by atoms with E-state index in [1.54, 1.807) is 30.3 Å². The van der Waals surface area contributed by atoms with Gasteiger partial charge in [0.1, 0.15) is 5.75 Å². The number of nitrogens with zero attached hydrogens (tertiary/aromatic N) is 1. The molecule has 0 aliphatic carbocycles. The molecule has 1 saturated heterocycles. The molecular formula is C21H19NO3S. The van der Waals surface area contributed by atoms with Gasteiger partial charge in [0.2, 0.25) is 0 Å². The highest BCUT2D eigenvalue weighted by molar-refractivity contribution is 8.19. The number of ether oxygens (including phenoxy) is 1. The number of carbonyl (C=O) groups excluding carboxylic acids is 2. The average Bonchev–Trinajstić information content (AvgIpc) is 2.92. The number of anilines is 1. The predicted octanol–water partition coefficient (Wildman–Crippen LogP) is 5.05. The Hall–Kier alpha value is -2.79.